The number of carbonyl (C=O) groups excluding carboxylic acids is 1. The smallest absolute Gasteiger partial charge is 0.245 e. The number of aromatic nitrogens is 1. The Kier molecular flexibility index (Phi) is 3.82. The summed E-state index contributed by atoms with van der Waals surface area (Å²) in [6.07, 6.45) is 6.69. The topological polar surface area (TPSA) is 36.1 Å². The van der Waals surface area contributed by atoms with Gasteiger partial charge in [0.15, 0.2) is 0 Å². The van der Waals surface area contributed by atoms with Crippen LogP contribution in [0.5, 0.6) is 0 Å². The Hall–Kier alpha value is -2.03. The van der Waals surface area contributed by atoms with Crippen LogP contribution in [0.25, 0.3) is 10.9 Å². The normalized spacial score (nSPS) is 16.3. The molecule has 3 nitrogen and oxygen atoms in total. The molecule has 3 heteroatoms. The average Bonchev–Trinajstić information content (AvgIpc) is 2.98. The average molecular weight is 282 g/mol. The molecule has 3 rings (SSSR count). The van der Waals surface area contributed by atoms with Crippen molar-refractivity contribution in [3.63, 3.8) is 0 Å². The van der Waals surface area contributed by atoms with E-state index in [1.54, 1.807) is 0 Å². The molecule has 1 fully saturated rings. The number of benzene rings is 1. The van der Waals surface area contributed by atoms with E-state index in [1.165, 1.54) is 28.1 Å². The first kappa shape index (κ1) is 13.9. The maximum Gasteiger partial charge on any atom is 0.245 e. The number of nitrogens with zero attached hydrogens (tertiary/aromatic N) is 1. The zero-order chi connectivity index (χ0) is 14.8. The molecule has 1 amide bonds. The molecule has 1 aromatic carbocycles. The van der Waals surface area contributed by atoms with E-state index in [0.29, 0.717) is 5.92 Å². The fourth-order valence-electron chi connectivity index (χ4n) is 3.41. The summed E-state index contributed by atoms with van der Waals surface area (Å²) in [7, 11) is 0. The maximum atomic E-state index is 11.7. The van der Waals surface area contributed by atoms with Crippen LogP contribution < -0.4 is 0 Å². The van der Waals surface area contributed by atoms with E-state index in [0.717, 1.165) is 32.4 Å². The lowest BCUT2D eigenvalue weighted by atomic mass is 9.89. The summed E-state index contributed by atoms with van der Waals surface area (Å²) in [6.45, 7) is 7.42. The number of amides is 1. The highest BCUT2D eigenvalue weighted by Gasteiger charge is 2.24. The number of piperidine rings is 1. The largest absolute Gasteiger partial charge is 0.361 e. The van der Waals surface area contributed by atoms with Gasteiger partial charge in [-0.05, 0) is 42.4 Å². The summed E-state index contributed by atoms with van der Waals surface area (Å²) >= 11 is 0. The van der Waals surface area contributed by atoms with Gasteiger partial charge in [-0.2, -0.15) is 0 Å². The number of fused-ring (bicyclic) bond motifs is 1. The third kappa shape index (κ3) is 2.48. The highest BCUT2D eigenvalue weighted by Crippen LogP contribution is 2.34. The molecule has 1 aromatic heterocycles. The Morgan fingerprint density at radius 1 is 1.43 bits per heavy atom. The molecule has 0 radical (unpaired) electrons. The van der Waals surface area contributed by atoms with Crippen molar-refractivity contribution in [1.29, 1.82) is 0 Å². The second-order valence-electron chi connectivity index (χ2n) is 5.74. The predicted molar refractivity (Wildman–Crippen MR) is 86.4 cm³/mol. The van der Waals surface area contributed by atoms with Crippen LogP contribution in [0.2, 0.25) is 0 Å². The number of rotatable bonds is 3. The number of para-hydroxylation sites is 1. The Balaban J connectivity index is 1.83. The van der Waals surface area contributed by atoms with E-state index in [4.69, 9.17) is 0 Å². The van der Waals surface area contributed by atoms with Crippen LogP contribution in [0, 0.1) is 0 Å². The monoisotopic (exact) mass is 282 g/mol. The number of H-pyrrole nitrogens is 1. The van der Waals surface area contributed by atoms with E-state index in [-0.39, 0.29) is 5.91 Å². The first-order valence-corrected chi connectivity index (χ1v) is 7.74. The van der Waals surface area contributed by atoms with Crippen molar-refractivity contribution >= 4 is 16.8 Å². The van der Waals surface area contributed by atoms with Crippen molar-refractivity contribution in [2.24, 2.45) is 0 Å². The van der Waals surface area contributed by atoms with Crippen molar-refractivity contribution in [3.8, 4) is 0 Å². The SMILES string of the molecule is C=CC(=O)N1CCC(c2c[nH]c3c(CC)cccc23)CC1. The number of hydrogen-bond donors (Lipinski definition) is 1. The molecule has 0 aliphatic carbocycles. The van der Waals surface area contributed by atoms with E-state index in [1.807, 2.05) is 4.90 Å². The van der Waals surface area contributed by atoms with Crippen LogP contribution in [0.3, 0.4) is 0 Å². The number of aromatic amines is 1. The fraction of sp³-hybridized carbons (Fsp3) is 0.389. The second kappa shape index (κ2) is 5.76. The number of carbonyl (C=O) groups is 1. The maximum absolute atomic E-state index is 11.7. The lowest BCUT2D eigenvalue weighted by Gasteiger charge is -2.31. The molecule has 0 spiro atoms. The van der Waals surface area contributed by atoms with Crippen molar-refractivity contribution in [3.05, 3.63) is 48.2 Å². The van der Waals surface area contributed by atoms with Crippen molar-refractivity contribution in [2.75, 3.05) is 13.1 Å². The first-order valence-electron chi connectivity index (χ1n) is 7.74. The molecule has 1 aliphatic heterocycles. The minimum atomic E-state index is 0.0562. The molecule has 1 aliphatic rings. The number of hydrogen-bond acceptors (Lipinski definition) is 1. The van der Waals surface area contributed by atoms with Gasteiger partial charge in [-0.1, -0.05) is 31.7 Å². The van der Waals surface area contributed by atoms with Crippen molar-refractivity contribution < 1.29 is 4.79 Å². The summed E-state index contributed by atoms with van der Waals surface area (Å²) in [5.74, 6) is 0.598. The molecule has 21 heavy (non-hydrogen) atoms. The van der Waals surface area contributed by atoms with Crippen molar-refractivity contribution in [2.45, 2.75) is 32.1 Å². The molecular formula is C18H22N2O. The Labute approximate surface area is 125 Å². The highest BCUT2D eigenvalue weighted by atomic mass is 16.2. The Morgan fingerprint density at radius 2 is 2.19 bits per heavy atom. The molecule has 0 unspecified atom stereocenters. The van der Waals surface area contributed by atoms with E-state index in [9.17, 15) is 4.79 Å². The molecule has 2 aromatic rings. The summed E-state index contributed by atoms with van der Waals surface area (Å²) in [4.78, 5) is 17.0. The third-order valence-electron chi connectivity index (χ3n) is 4.64. The molecule has 1 saturated heterocycles. The zero-order valence-corrected chi connectivity index (χ0v) is 12.6. The molecule has 0 saturated carbocycles. The van der Waals surface area contributed by atoms with Gasteiger partial charge in [0.2, 0.25) is 5.91 Å². The van der Waals surface area contributed by atoms with E-state index in [2.05, 4.69) is 42.9 Å². The number of nitrogens with one attached hydrogen (secondary N) is 1. The van der Waals surface area contributed by atoms with Gasteiger partial charge < -0.3 is 9.88 Å². The number of likely N-dealkylation sites (tertiary alicyclic amines) is 1. The molecule has 2 heterocycles. The fourth-order valence-corrected chi connectivity index (χ4v) is 3.41. The van der Waals surface area contributed by atoms with Gasteiger partial charge >= 0.3 is 0 Å². The quantitative estimate of drug-likeness (QED) is 0.858. The third-order valence-corrected chi connectivity index (χ3v) is 4.64. The number of aryl methyl sites for hydroxylation is 1. The first-order chi connectivity index (χ1) is 10.2. The molecule has 110 valence electrons. The van der Waals surface area contributed by atoms with Crippen LogP contribution >= 0.6 is 0 Å². The van der Waals surface area contributed by atoms with Gasteiger partial charge in [0.05, 0.1) is 0 Å². The van der Waals surface area contributed by atoms with Crippen LogP contribution in [-0.4, -0.2) is 28.9 Å². The van der Waals surface area contributed by atoms with Gasteiger partial charge in [0.1, 0.15) is 0 Å². The molecule has 1 N–H and O–H groups in total. The Bertz CT molecular complexity index is 663. The summed E-state index contributed by atoms with van der Waals surface area (Å²) in [5.41, 5.74) is 4.06. The van der Waals surface area contributed by atoms with Crippen LogP contribution in [-0.2, 0) is 11.2 Å². The summed E-state index contributed by atoms with van der Waals surface area (Å²) < 4.78 is 0. The summed E-state index contributed by atoms with van der Waals surface area (Å²) in [5, 5.41) is 1.35. The molecular weight excluding hydrogens is 260 g/mol. The molecule has 0 bridgehead atoms. The summed E-state index contributed by atoms with van der Waals surface area (Å²) in [6, 6.07) is 6.55. The lowest BCUT2D eigenvalue weighted by Crippen LogP contribution is -2.36. The predicted octanol–water partition coefficient (Wildman–Crippen LogP) is 3.62. The Morgan fingerprint density at radius 3 is 2.86 bits per heavy atom. The lowest BCUT2D eigenvalue weighted by molar-refractivity contribution is -0.127. The van der Waals surface area contributed by atoms with Gasteiger partial charge in [-0.15, -0.1) is 0 Å². The van der Waals surface area contributed by atoms with Crippen LogP contribution in [0.1, 0.15) is 36.8 Å². The van der Waals surface area contributed by atoms with Crippen LogP contribution in [0.4, 0.5) is 0 Å². The standard InChI is InChI=1S/C18H22N2O/c1-3-13-6-5-7-15-16(12-19-18(13)15)14-8-10-20(11-9-14)17(21)4-2/h4-7,12,14,19H,2-3,8-11H2,1H3. The van der Waals surface area contributed by atoms with E-state index < -0.39 is 0 Å². The van der Waals surface area contributed by atoms with Crippen LogP contribution in [0.15, 0.2) is 37.1 Å². The van der Waals surface area contributed by atoms with E-state index >= 15 is 0 Å². The van der Waals surface area contributed by atoms with Gasteiger partial charge in [0.25, 0.3) is 0 Å². The van der Waals surface area contributed by atoms with Gasteiger partial charge in [-0.25, -0.2) is 0 Å². The second-order valence-corrected chi connectivity index (χ2v) is 5.74. The minimum absolute atomic E-state index is 0.0562. The zero-order valence-electron chi connectivity index (χ0n) is 12.6. The minimum Gasteiger partial charge on any atom is -0.361 e. The van der Waals surface area contributed by atoms with Crippen molar-refractivity contribution in [1.82, 2.24) is 9.88 Å². The van der Waals surface area contributed by atoms with Gasteiger partial charge in [0, 0.05) is 30.2 Å². The molecule has 0 atom stereocenters. The highest BCUT2D eigenvalue weighted by molar-refractivity contribution is 5.88. The van der Waals surface area contributed by atoms with Gasteiger partial charge in [-0.3, -0.25) is 4.79 Å².